The van der Waals surface area contributed by atoms with Crippen LogP contribution in [0.15, 0.2) is 60.7 Å². The van der Waals surface area contributed by atoms with E-state index < -0.39 is 0 Å². The molecular weight excluding hydrogens is 262 g/mol. The molecule has 0 amide bonds. The Hall–Kier alpha value is -2.59. The molecule has 1 heterocycles. The Morgan fingerprint density at radius 3 is 2.62 bits per heavy atom. The van der Waals surface area contributed by atoms with Crippen LogP contribution in [0.2, 0.25) is 0 Å². The minimum absolute atomic E-state index is 0.456. The quantitative estimate of drug-likeness (QED) is 0.754. The highest BCUT2D eigenvalue weighted by molar-refractivity contribution is 5.61. The Morgan fingerprint density at radius 1 is 1.00 bits per heavy atom. The van der Waals surface area contributed by atoms with Gasteiger partial charge in [-0.25, -0.2) is 0 Å². The molecule has 106 valence electrons. The number of H-pyrrole nitrogens is 1. The van der Waals surface area contributed by atoms with Gasteiger partial charge >= 0.3 is 0 Å². The molecule has 0 aliphatic heterocycles. The number of ether oxygens (including phenoxy) is 1. The molecule has 2 aromatic carbocycles. The van der Waals surface area contributed by atoms with E-state index in [4.69, 9.17) is 10.5 Å². The SMILES string of the molecule is NCc1cc(-c2cccc(OCc3ccccc3)c2)n[nH]1. The maximum atomic E-state index is 5.82. The highest BCUT2D eigenvalue weighted by atomic mass is 16.5. The summed E-state index contributed by atoms with van der Waals surface area (Å²) in [5.41, 5.74) is 9.54. The zero-order valence-electron chi connectivity index (χ0n) is 11.6. The van der Waals surface area contributed by atoms with Crippen LogP contribution < -0.4 is 10.5 Å². The number of nitrogens with two attached hydrogens (primary N) is 1. The van der Waals surface area contributed by atoms with Crippen molar-refractivity contribution in [1.29, 1.82) is 0 Å². The van der Waals surface area contributed by atoms with Crippen molar-refractivity contribution in [3.05, 3.63) is 71.9 Å². The van der Waals surface area contributed by atoms with Crippen molar-refractivity contribution in [3.8, 4) is 17.0 Å². The summed E-state index contributed by atoms with van der Waals surface area (Å²) in [5, 5.41) is 7.17. The number of nitrogens with one attached hydrogen (secondary N) is 1. The third kappa shape index (κ3) is 3.30. The molecule has 0 saturated carbocycles. The van der Waals surface area contributed by atoms with Crippen LogP contribution in [0.4, 0.5) is 0 Å². The summed E-state index contributed by atoms with van der Waals surface area (Å²) in [6.07, 6.45) is 0. The fourth-order valence-corrected chi connectivity index (χ4v) is 2.10. The van der Waals surface area contributed by atoms with E-state index in [1.54, 1.807) is 0 Å². The van der Waals surface area contributed by atoms with Crippen molar-refractivity contribution in [2.75, 3.05) is 0 Å². The molecule has 3 N–H and O–H groups in total. The summed E-state index contributed by atoms with van der Waals surface area (Å²) >= 11 is 0. The third-order valence-electron chi connectivity index (χ3n) is 3.23. The summed E-state index contributed by atoms with van der Waals surface area (Å²) in [4.78, 5) is 0. The Bertz CT molecular complexity index is 707. The normalized spacial score (nSPS) is 10.5. The molecule has 0 saturated heterocycles. The van der Waals surface area contributed by atoms with Gasteiger partial charge in [-0.2, -0.15) is 5.10 Å². The summed E-state index contributed by atoms with van der Waals surface area (Å²) in [6.45, 7) is 1.01. The third-order valence-corrected chi connectivity index (χ3v) is 3.23. The van der Waals surface area contributed by atoms with Crippen molar-refractivity contribution in [3.63, 3.8) is 0 Å². The molecule has 0 aliphatic rings. The summed E-state index contributed by atoms with van der Waals surface area (Å²) < 4.78 is 5.82. The second-order valence-corrected chi connectivity index (χ2v) is 4.78. The van der Waals surface area contributed by atoms with E-state index in [9.17, 15) is 0 Å². The number of aromatic amines is 1. The summed E-state index contributed by atoms with van der Waals surface area (Å²) in [7, 11) is 0. The first-order chi connectivity index (χ1) is 10.3. The predicted molar refractivity (Wildman–Crippen MR) is 82.7 cm³/mol. The molecule has 0 bridgehead atoms. The lowest BCUT2D eigenvalue weighted by Crippen LogP contribution is -1.95. The Morgan fingerprint density at radius 2 is 1.86 bits per heavy atom. The van der Waals surface area contributed by atoms with Gasteiger partial charge in [-0.3, -0.25) is 5.10 Å². The first kappa shape index (κ1) is 13.4. The molecule has 0 aliphatic carbocycles. The second kappa shape index (κ2) is 6.24. The average Bonchev–Trinajstić information content (AvgIpc) is 3.03. The van der Waals surface area contributed by atoms with Crippen LogP contribution >= 0.6 is 0 Å². The molecule has 1 aromatic heterocycles. The fraction of sp³-hybridized carbons (Fsp3) is 0.118. The van der Waals surface area contributed by atoms with Crippen molar-refractivity contribution in [2.45, 2.75) is 13.2 Å². The van der Waals surface area contributed by atoms with Gasteiger partial charge in [-0.1, -0.05) is 42.5 Å². The Balaban J connectivity index is 1.74. The van der Waals surface area contributed by atoms with E-state index in [1.807, 2.05) is 60.7 Å². The molecule has 4 heteroatoms. The summed E-state index contributed by atoms with van der Waals surface area (Å²) in [5.74, 6) is 0.827. The Labute approximate surface area is 123 Å². The molecule has 0 atom stereocenters. The molecule has 21 heavy (non-hydrogen) atoms. The highest BCUT2D eigenvalue weighted by Gasteiger charge is 2.04. The topological polar surface area (TPSA) is 63.9 Å². The van der Waals surface area contributed by atoms with Crippen LogP contribution in [0, 0.1) is 0 Å². The molecule has 0 unspecified atom stereocenters. The molecule has 0 radical (unpaired) electrons. The van der Waals surface area contributed by atoms with Gasteiger partial charge in [-0.15, -0.1) is 0 Å². The van der Waals surface area contributed by atoms with Crippen LogP contribution in [-0.2, 0) is 13.2 Å². The number of aromatic nitrogens is 2. The lowest BCUT2D eigenvalue weighted by atomic mass is 10.1. The van der Waals surface area contributed by atoms with Gasteiger partial charge in [0.2, 0.25) is 0 Å². The monoisotopic (exact) mass is 279 g/mol. The van der Waals surface area contributed by atoms with Crippen molar-refractivity contribution >= 4 is 0 Å². The van der Waals surface area contributed by atoms with E-state index in [0.29, 0.717) is 13.2 Å². The highest BCUT2D eigenvalue weighted by Crippen LogP contribution is 2.23. The van der Waals surface area contributed by atoms with E-state index in [2.05, 4.69) is 10.2 Å². The van der Waals surface area contributed by atoms with Crippen molar-refractivity contribution in [1.82, 2.24) is 10.2 Å². The first-order valence-electron chi connectivity index (χ1n) is 6.86. The van der Waals surface area contributed by atoms with Crippen LogP contribution in [0.25, 0.3) is 11.3 Å². The number of benzene rings is 2. The maximum absolute atomic E-state index is 5.82. The van der Waals surface area contributed by atoms with Gasteiger partial charge in [0.1, 0.15) is 12.4 Å². The average molecular weight is 279 g/mol. The second-order valence-electron chi connectivity index (χ2n) is 4.78. The van der Waals surface area contributed by atoms with Crippen LogP contribution in [-0.4, -0.2) is 10.2 Å². The number of rotatable bonds is 5. The van der Waals surface area contributed by atoms with Gasteiger partial charge < -0.3 is 10.5 Å². The molecule has 3 rings (SSSR count). The largest absolute Gasteiger partial charge is 0.489 e. The lowest BCUT2D eigenvalue weighted by Gasteiger charge is -2.07. The van der Waals surface area contributed by atoms with Gasteiger partial charge in [0.15, 0.2) is 0 Å². The minimum atomic E-state index is 0.456. The minimum Gasteiger partial charge on any atom is -0.489 e. The van der Waals surface area contributed by atoms with Gasteiger partial charge in [-0.05, 0) is 23.8 Å². The van der Waals surface area contributed by atoms with E-state index >= 15 is 0 Å². The fourth-order valence-electron chi connectivity index (χ4n) is 2.10. The maximum Gasteiger partial charge on any atom is 0.120 e. The predicted octanol–water partition coefficient (Wildman–Crippen LogP) is 3.11. The molecule has 0 fully saturated rings. The van der Waals surface area contributed by atoms with Gasteiger partial charge in [0.05, 0.1) is 5.69 Å². The molecule has 3 aromatic rings. The zero-order chi connectivity index (χ0) is 14.5. The van der Waals surface area contributed by atoms with Crippen molar-refractivity contribution < 1.29 is 4.74 Å². The number of nitrogens with zero attached hydrogens (tertiary/aromatic N) is 1. The van der Waals surface area contributed by atoms with E-state index in [0.717, 1.165) is 28.3 Å². The lowest BCUT2D eigenvalue weighted by molar-refractivity contribution is 0.306. The molecule has 0 spiro atoms. The van der Waals surface area contributed by atoms with E-state index in [1.165, 1.54) is 0 Å². The van der Waals surface area contributed by atoms with Crippen LogP contribution in [0.3, 0.4) is 0 Å². The zero-order valence-corrected chi connectivity index (χ0v) is 11.6. The standard InChI is InChI=1S/C17H17N3O/c18-11-15-10-17(20-19-15)14-7-4-8-16(9-14)21-12-13-5-2-1-3-6-13/h1-10H,11-12,18H2,(H,19,20). The Kier molecular flexibility index (Phi) is 3.98. The van der Waals surface area contributed by atoms with Crippen LogP contribution in [0.1, 0.15) is 11.3 Å². The molecule has 4 nitrogen and oxygen atoms in total. The smallest absolute Gasteiger partial charge is 0.120 e. The number of hydrogen-bond donors (Lipinski definition) is 2. The van der Waals surface area contributed by atoms with E-state index in [-0.39, 0.29) is 0 Å². The number of hydrogen-bond acceptors (Lipinski definition) is 3. The van der Waals surface area contributed by atoms with Gasteiger partial charge in [0, 0.05) is 17.8 Å². The van der Waals surface area contributed by atoms with Gasteiger partial charge in [0.25, 0.3) is 0 Å². The van der Waals surface area contributed by atoms with Crippen LogP contribution in [0.5, 0.6) is 5.75 Å². The van der Waals surface area contributed by atoms with Crippen molar-refractivity contribution in [2.24, 2.45) is 5.73 Å². The molecular formula is C17H17N3O. The first-order valence-corrected chi connectivity index (χ1v) is 6.86. The summed E-state index contributed by atoms with van der Waals surface area (Å²) in [6, 6.07) is 20.0.